The summed E-state index contributed by atoms with van der Waals surface area (Å²) in [6.07, 6.45) is 2.39. The van der Waals surface area contributed by atoms with Crippen LogP contribution in [0.15, 0.2) is 12.1 Å². The van der Waals surface area contributed by atoms with E-state index in [1.165, 1.54) is 7.11 Å². The minimum absolute atomic E-state index is 0.312. The first-order valence-corrected chi connectivity index (χ1v) is 11.1. The molecule has 0 aromatic heterocycles. The van der Waals surface area contributed by atoms with Crippen LogP contribution in [0.5, 0.6) is 11.5 Å². The summed E-state index contributed by atoms with van der Waals surface area (Å²) in [5, 5.41) is 14.5. The quantitative estimate of drug-likeness (QED) is 0.663. The molecule has 8 nitrogen and oxygen atoms in total. The first-order chi connectivity index (χ1) is 12.8. The van der Waals surface area contributed by atoms with Crippen molar-refractivity contribution in [1.82, 2.24) is 5.32 Å². The Labute approximate surface area is 160 Å². The van der Waals surface area contributed by atoms with Gasteiger partial charge in [0.15, 0.2) is 0 Å². The third-order valence-electron chi connectivity index (χ3n) is 5.08. The minimum Gasteiger partial charge on any atom is -0.495 e. The fraction of sp³-hybridized carbons (Fsp3) is 0.667. The maximum atomic E-state index is 11.7. The zero-order valence-corrected chi connectivity index (χ0v) is 16.8. The van der Waals surface area contributed by atoms with E-state index in [2.05, 4.69) is 17.0 Å². The molecule has 27 heavy (non-hydrogen) atoms. The molecule has 9 heteroatoms. The number of benzene rings is 1. The smallest absolute Gasteiger partial charge is 0.229 e. The zero-order valence-electron chi connectivity index (χ0n) is 15.9. The number of rotatable bonds is 6. The average molecular weight is 400 g/mol. The van der Waals surface area contributed by atoms with Gasteiger partial charge in [-0.05, 0) is 19.0 Å². The van der Waals surface area contributed by atoms with Crippen molar-refractivity contribution in [3.05, 3.63) is 17.7 Å². The molecule has 2 aliphatic heterocycles. The molecule has 1 aromatic carbocycles. The number of hydrogen-bond acceptors (Lipinski definition) is 7. The van der Waals surface area contributed by atoms with Gasteiger partial charge in [0.1, 0.15) is 23.2 Å². The number of hydrogen-bond donors (Lipinski definition) is 3. The van der Waals surface area contributed by atoms with E-state index in [9.17, 15) is 13.5 Å². The van der Waals surface area contributed by atoms with Crippen LogP contribution in [0.1, 0.15) is 37.8 Å². The van der Waals surface area contributed by atoms with Crippen LogP contribution in [0, 0.1) is 0 Å². The van der Waals surface area contributed by atoms with Gasteiger partial charge in [0.2, 0.25) is 10.0 Å². The van der Waals surface area contributed by atoms with Gasteiger partial charge in [-0.25, -0.2) is 8.42 Å². The van der Waals surface area contributed by atoms with Crippen LogP contribution in [-0.2, 0) is 14.8 Å². The fourth-order valence-electron chi connectivity index (χ4n) is 3.74. The Balaban J connectivity index is 2.07. The van der Waals surface area contributed by atoms with Gasteiger partial charge in [0.25, 0.3) is 0 Å². The van der Waals surface area contributed by atoms with Crippen LogP contribution < -0.4 is 19.5 Å². The first-order valence-electron chi connectivity index (χ1n) is 9.17. The highest BCUT2D eigenvalue weighted by Gasteiger charge is 2.50. The third-order valence-corrected chi connectivity index (χ3v) is 5.67. The molecule has 152 valence electrons. The number of aliphatic hydroxyl groups excluding tert-OH is 1. The molecule has 2 unspecified atom stereocenters. The molecule has 2 atom stereocenters. The molecule has 3 rings (SSSR count). The summed E-state index contributed by atoms with van der Waals surface area (Å²) in [6, 6.07) is 3.03. The average Bonchev–Trinajstić information content (AvgIpc) is 2.61. The molecule has 0 amide bonds. The van der Waals surface area contributed by atoms with Crippen molar-refractivity contribution in [2.45, 2.75) is 43.9 Å². The van der Waals surface area contributed by atoms with Gasteiger partial charge in [-0.3, -0.25) is 4.72 Å². The van der Waals surface area contributed by atoms with Gasteiger partial charge in [0.05, 0.1) is 38.3 Å². The summed E-state index contributed by atoms with van der Waals surface area (Å²) >= 11 is 0. The van der Waals surface area contributed by atoms with Crippen LogP contribution in [0.25, 0.3) is 0 Å². The summed E-state index contributed by atoms with van der Waals surface area (Å²) in [4.78, 5) is 0. The van der Waals surface area contributed by atoms with Gasteiger partial charge in [-0.15, -0.1) is 0 Å². The van der Waals surface area contributed by atoms with E-state index in [1.807, 2.05) is 0 Å². The number of ether oxygens (including phenoxy) is 3. The van der Waals surface area contributed by atoms with E-state index < -0.39 is 21.7 Å². The van der Waals surface area contributed by atoms with Crippen LogP contribution >= 0.6 is 0 Å². The van der Waals surface area contributed by atoms with Crippen molar-refractivity contribution >= 4 is 15.7 Å². The van der Waals surface area contributed by atoms with Crippen LogP contribution in [-0.4, -0.2) is 58.4 Å². The van der Waals surface area contributed by atoms with Crippen molar-refractivity contribution in [2.75, 3.05) is 37.8 Å². The number of sulfonamides is 1. The summed E-state index contributed by atoms with van der Waals surface area (Å²) < 4.78 is 43.0. The first kappa shape index (κ1) is 20.2. The van der Waals surface area contributed by atoms with E-state index >= 15 is 0 Å². The van der Waals surface area contributed by atoms with Crippen molar-refractivity contribution in [3.63, 3.8) is 0 Å². The Morgan fingerprint density at radius 2 is 2.04 bits per heavy atom. The summed E-state index contributed by atoms with van der Waals surface area (Å²) in [5.74, 6) is 0.920. The lowest BCUT2D eigenvalue weighted by Crippen LogP contribution is -2.58. The van der Waals surface area contributed by atoms with E-state index in [0.29, 0.717) is 43.2 Å². The number of aliphatic hydroxyl groups is 1. The second-order valence-electron chi connectivity index (χ2n) is 7.12. The number of methoxy groups -OCH3 is 1. The molecular weight excluding hydrogens is 372 g/mol. The minimum atomic E-state index is -3.48. The highest BCUT2D eigenvalue weighted by atomic mass is 32.2. The number of fused-ring (bicyclic) bond motifs is 1. The predicted octanol–water partition coefficient (Wildman–Crippen LogP) is 1.41. The second-order valence-corrected chi connectivity index (χ2v) is 8.87. The number of nitrogens with one attached hydrogen (secondary N) is 2. The fourth-order valence-corrected chi connectivity index (χ4v) is 4.30. The Bertz CT molecular complexity index is 776. The van der Waals surface area contributed by atoms with Gasteiger partial charge in [0, 0.05) is 24.5 Å². The SMILES string of the molecule is CCCNC1c2cc(OC)c(NS(C)(=O)=O)cc2OC2(CCOCC2)C1O. The second kappa shape index (κ2) is 7.83. The largest absolute Gasteiger partial charge is 0.495 e. The predicted molar refractivity (Wildman–Crippen MR) is 102 cm³/mol. The number of anilines is 1. The molecule has 1 fully saturated rings. The summed E-state index contributed by atoms with van der Waals surface area (Å²) in [6.45, 7) is 3.82. The van der Waals surface area contributed by atoms with Crippen molar-refractivity contribution in [1.29, 1.82) is 0 Å². The summed E-state index contributed by atoms with van der Waals surface area (Å²) in [5.41, 5.74) is 0.309. The Morgan fingerprint density at radius 3 is 2.63 bits per heavy atom. The maximum absolute atomic E-state index is 11.7. The highest BCUT2D eigenvalue weighted by molar-refractivity contribution is 7.92. The Morgan fingerprint density at radius 1 is 1.33 bits per heavy atom. The van der Waals surface area contributed by atoms with Gasteiger partial charge in [-0.1, -0.05) is 6.92 Å². The Hall–Kier alpha value is -1.55. The molecule has 3 N–H and O–H groups in total. The molecule has 0 bridgehead atoms. The molecule has 1 saturated heterocycles. The Kier molecular flexibility index (Phi) is 5.85. The van der Waals surface area contributed by atoms with E-state index in [1.54, 1.807) is 12.1 Å². The van der Waals surface area contributed by atoms with Gasteiger partial charge in [-0.2, -0.15) is 0 Å². The topological polar surface area (TPSA) is 106 Å². The van der Waals surface area contributed by atoms with Crippen LogP contribution in [0.4, 0.5) is 5.69 Å². The lowest BCUT2D eigenvalue weighted by Gasteiger charge is -2.48. The van der Waals surface area contributed by atoms with Crippen molar-refractivity contribution < 1.29 is 27.7 Å². The molecule has 2 aliphatic rings. The molecule has 1 aromatic rings. The van der Waals surface area contributed by atoms with E-state index in [0.717, 1.165) is 24.8 Å². The summed E-state index contributed by atoms with van der Waals surface area (Å²) in [7, 11) is -2.00. The molecule has 0 aliphatic carbocycles. The maximum Gasteiger partial charge on any atom is 0.229 e. The van der Waals surface area contributed by atoms with Crippen LogP contribution in [0.3, 0.4) is 0 Å². The zero-order chi connectivity index (χ0) is 19.7. The van der Waals surface area contributed by atoms with Crippen molar-refractivity contribution in [2.24, 2.45) is 0 Å². The van der Waals surface area contributed by atoms with Crippen LogP contribution in [0.2, 0.25) is 0 Å². The molecular formula is C18H28N2O6S. The lowest BCUT2D eigenvalue weighted by atomic mass is 9.79. The molecule has 0 saturated carbocycles. The molecule has 1 spiro atoms. The van der Waals surface area contributed by atoms with E-state index in [4.69, 9.17) is 14.2 Å². The lowest BCUT2D eigenvalue weighted by molar-refractivity contribution is -0.137. The standard InChI is InChI=1S/C18H28N2O6S/c1-4-7-19-16-12-10-15(24-2)13(20-27(3,22)23)11-14(12)26-18(17(16)21)5-8-25-9-6-18/h10-11,16-17,19-21H,4-9H2,1-3H3. The highest BCUT2D eigenvalue weighted by Crippen LogP contribution is 2.47. The molecule has 2 heterocycles. The van der Waals surface area contributed by atoms with E-state index in [-0.39, 0.29) is 6.04 Å². The van der Waals surface area contributed by atoms with Gasteiger partial charge >= 0.3 is 0 Å². The normalized spacial score (nSPS) is 24.1. The third kappa shape index (κ3) is 4.16. The molecule has 0 radical (unpaired) electrons. The van der Waals surface area contributed by atoms with Crippen molar-refractivity contribution in [3.8, 4) is 11.5 Å². The monoisotopic (exact) mass is 400 g/mol. The van der Waals surface area contributed by atoms with Gasteiger partial charge < -0.3 is 24.6 Å².